The Morgan fingerprint density at radius 1 is 0.966 bits per heavy atom. The summed E-state index contributed by atoms with van der Waals surface area (Å²) in [5.41, 5.74) is 8.18. The van der Waals surface area contributed by atoms with E-state index >= 15 is 0 Å². The standard InChI is InChI=1S/C22H27N5O2/c28-20-15-19(21(25-24-20)18-9-5-2-6-10-18)26-11-13-27(14-12-26)22(29)23-16-17-7-3-1-4-8-17/h1-10,19,21,25H,11-16H2,(H,23,29)(H,24,28). The lowest BCUT2D eigenvalue weighted by molar-refractivity contribution is -0.127. The fourth-order valence-corrected chi connectivity index (χ4v) is 4.06. The van der Waals surface area contributed by atoms with Gasteiger partial charge in [0, 0.05) is 45.2 Å². The number of hydrogen-bond acceptors (Lipinski definition) is 4. The first-order chi connectivity index (χ1) is 14.2. The fourth-order valence-electron chi connectivity index (χ4n) is 4.06. The quantitative estimate of drug-likeness (QED) is 0.738. The molecule has 4 rings (SSSR count). The molecule has 152 valence electrons. The minimum atomic E-state index is -0.0346. The topological polar surface area (TPSA) is 76.7 Å². The summed E-state index contributed by atoms with van der Waals surface area (Å²) in [5, 5.41) is 3.00. The predicted molar refractivity (Wildman–Crippen MR) is 111 cm³/mol. The number of nitrogens with zero attached hydrogens (tertiary/aromatic N) is 2. The Morgan fingerprint density at radius 3 is 2.31 bits per heavy atom. The van der Waals surface area contributed by atoms with E-state index in [0.717, 1.165) is 24.2 Å². The minimum absolute atomic E-state index is 0.00483. The molecule has 0 saturated carbocycles. The van der Waals surface area contributed by atoms with Gasteiger partial charge in [0.25, 0.3) is 0 Å². The van der Waals surface area contributed by atoms with E-state index < -0.39 is 0 Å². The van der Waals surface area contributed by atoms with Crippen molar-refractivity contribution in [3.05, 3.63) is 71.8 Å². The van der Waals surface area contributed by atoms with Crippen molar-refractivity contribution in [2.75, 3.05) is 26.2 Å². The van der Waals surface area contributed by atoms with Gasteiger partial charge in [-0.05, 0) is 11.1 Å². The molecule has 2 atom stereocenters. The number of rotatable bonds is 4. The third-order valence-corrected chi connectivity index (χ3v) is 5.66. The molecule has 2 saturated heterocycles. The van der Waals surface area contributed by atoms with Gasteiger partial charge in [0.05, 0.1) is 6.04 Å². The lowest BCUT2D eigenvalue weighted by atomic mass is 9.93. The molecule has 2 unspecified atom stereocenters. The lowest BCUT2D eigenvalue weighted by Crippen LogP contribution is -2.61. The van der Waals surface area contributed by atoms with Gasteiger partial charge in [-0.2, -0.15) is 0 Å². The van der Waals surface area contributed by atoms with Crippen LogP contribution in [0.2, 0.25) is 0 Å². The van der Waals surface area contributed by atoms with Crippen LogP contribution in [-0.4, -0.2) is 54.0 Å². The molecule has 3 amide bonds. The SMILES string of the molecule is O=C1CC(N2CCN(C(=O)NCc3ccccc3)CC2)C(c2ccccc2)NN1. The molecule has 2 aliphatic heterocycles. The summed E-state index contributed by atoms with van der Waals surface area (Å²) >= 11 is 0. The number of urea groups is 1. The first-order valence-electron chi connectivity index (χ1n) is 10.1. The van der Waals surface area contributed by atoms with Crippen molar-refractivity contribution in [1.29, 1.82) is 0 Å². The molecule has 7 nitrogen and oxygen atoms in total. The van der Waals surface area contributed by atoms with Crippen LogP contribution in [0.1, 0.15) is 23.6 Å². The molecule has 29 heavy (non-hydrogen) atoms. The number of benzene rings is 2. The molecule has 3 N–H and O–H groups in total. The highest BCUT2D eigenvalue weighted by Gasteiger charge is 2.36. The zero-order valence-corrected chi connectivity index (χ0v) is 16.4. The highest BCUT2D eigenvalue weighted by molar-refractivity contribution is 5.77. The smallest absolute Gasteiger partial charge is 0.317 e. The Bertz CT molecular complexity index is 822. The average Bonchev–Trinajstić information content (AvgIpc) is 2.79. The second kappa shape index (κ2) is 9.07. The van der Waals surface area contributed by atoms with E-state index in [-0.39, 0.29) is 24.0 Å². The van der Waals surface area contributed by atoms with Crippen LogP contribution in [0.4, 0.5) is 4.79 Å². The van der Waals surface area contributed by atoms with Gasteiger partial charge in [-0.25, -0.2) is 10.2 Å². The number of piperazine rings is 1. The number of nitrogens with one attached hydrogen (secondary N) is 3. The Hall–Kier alpha value is -2.90. The monoisotopic (exact) mass is 393 g/mol. The average molecular weight is 393 g/mol. The van der Waals surface area contributed by atoms with Crippen LogP contribution in [0.25, 0.3) is 0 Å². The third-order valence-electron chi connectivity index (χ3n) is 5.66. The van der Waals surface area contributed by atoms with Crippen LogP contribution >= 0.6 is 0 Å². The van der Waals surface area contributed by atoms with Gasteiger partial charge in [0.1, 0.15) is 0 Å². The summed E-state index contributed by atoms with van der Waals surface area (Å²) in [6.45, 7) is 3.34. The van der Waals surface area contributed by atoms with Crippen LogP contribution in [0.5, 0.6) is 0 Å². The van der Waals surface area contributed by atoms with Gasteiger partial charge in [-0.1, -0.05) is 60.7 Å². The Labute approximate surface area is 171 Å². The molecular weight excluding hydrogens is 366 g/mol. The van der Waals surface area contributed by atoms with Crippen LogP contribution in [0.15, 0.2) is 60.7 Å². The molecule has 2 aromatic rings. The van der Waals surface area contributed by atoms with Gasteiger partial charge in [0.2, 0.25) is 5.91 Å². The summed E-state index contributed by atoms with van der Waals surface area (Å²) in [6, 6.07) is 20.2. The number of carbonyl (C=O) groups excluding carboxylic acids is 2. The maximum Gasteiger partial charge on any atom is 0.317 e. The van der Waals surface area contributed by atoms with Crippen molar-refractivity contribution in [2.45, 2.75) is 25.0 Å². The molecule has 2 fully saturated rings. The first-order valence-corrected chi connectivity index (χ1v) is 10.1. The molecule has 2 aromatic carbocycles. The van der Waals surface area contributed by atoms with Gasteiger partial charge in [-0.15, -0.1) is 0 Å². The predicted octanol–water partition coefficient (Wildman–Crippen LogP) is 1.65. The summed E-state index contributed by atoms with van der Waals surface area (Å²) in [7, 11) is 0. The van der Waals surface area contributed by atoms with E-state index in [1.54, 1.807) is 0 Å². The van der Waals surface area contributed by atoms with E-state index in [1.807, 2.05) is 53.4 Å². The highest BCUT2D eigenvalue weighted by Crippen LogP contribution is 2.26. The Kier molecular flexibility index (Phi) is 6.07. The minimum Gasteiger partial charge on any atom is -0.334 e. The Balaban J connectivity index is 1.34. The number of hydrogen-bond donors (Lipinski definition) is 3. The van der Waals surface area contributed by atoms with Crippen LogP contribution < -0.4 is 16.2 Å². The van der Waals surface area contributed by atoms with Crippen molar-refractivity contribution < 1.29 is 9.59 Å². The van der Waals surface area contributed by atoms with Gasteiger partial charge in [-0.3, -0.25) is 15.1 Å². The Morgan fingerprint density at radius 2 is 1.62 bits per heavy atom. The van der Waals surface area contributed by atoms with E-state index in [1.165, 1.54) is 0 Å². The van der Waals surface area contributed by atoms with E-state index in [2.05, 4.69) is 33.2 Å². The van der Waals surface area contributed by atoms with Crippen molar-refractivity contribution >= 4 is 11.9 Å². The second-order valence-corrected chi connectivity index (χ2v) is 7.52. The van der Waals surface area contributed by atoms with Gasteiger partial charge in [0.15, 0.2) is 0 Å². The normalized spacial score (nSPS) is 22.8. The van der Waals surface area contributed by atoms with Crippen molar-refractivity contribution in [2.24, 2.45) is 0 Å². The number of amides is 3. The van der Waals surface area contributed by atoms with E-state index in [9.17, 15) is 9.59 Å². The first kappa shape index (κ1) is 19.4. The summed E-state index contributed by atoms with van der Waals surface area (Å²) in [5.74, 6) is 0.00483. The molecule has 2 aliphatic rings. The summed E-state index contributed by atoms with van der Waals surface area (Å²) in [6.07, 6.45) is 0.451. The van der Waals surface area contributed by atoms with Crippen molar-refractivity contribution in [3.63, 3.8) is 0 Å². The number of hydrazine groups is 1. The maximum atomic E-state index is 12.5. The zero-order chi connectivity index (χ0) is 20.1. The molecule has 0 spiro atoms. The molecule has 2 heterocycles. The van der Waals surface area contributed by atoms with Crippen LogP contribution in [0.3, 0.4) is 0 Å². The molecular formula is C22H27N5O2. The molecule has 0 bridgehead atoms. The largest absolute Gasteiger partial charge is 0.334 e. The lowest BCUT2D eigenvalue weighted by Gasteiger charge is -2.44. The molecule has 0 radical (unpaired) electrons. The molecule has 0 aliphatic carbocycles. The third kappa shape index (κ3) is 4.75. The van der Waals surface area contributed by atoms with Crippen LogP contribution in [0, 0.1) is 0 Å². The second-order valence-electron chi connectivity index (χ2n) is 7.52. The zero-order valence-electron chi connectivity index (χ0n) is 16.4. The summed E-state index contributed by atoms with van der Waals surface area (Å²) in [4.78, 5) is 28.7. The molecule has 7 heteroatoms. The number of carbonyl (C=O) groups is 2. The highest BCUT2D eigenvalue weighted by atomic mass is 16.2. The van der Waals surface area contributed by atoms with Crippen molar-refractivity contribution in [3.8, 4) is 0 Å². The fraction of sp³-hybridized carbons (Fsp3) is 0.364. The van der Waals surface area contributed by atoms with Crippen LogP contribution in [-0.2, 0) is 11.3 Å². The van der Waals surface area contributed by atoms with Gasteiger partial charge >= 0.3 is 6.03 Å². The summed E-state index contributed by atoms with van der Waals surface area (Å²) < 4.78 is 0. The van der Waals surface area contributed by atoms with Gasteiger partial charge < -0.3 is 10.2 Å². The van der Waals surface area contributed by atoms with E-state index in [0.29, 0.717) is 26.1 Å². The van der Waals surface area contributed by atoms with Crippen molar-refractivity contribution in [1.82, 2.24) is 26.0 Å². The van der Waals surface area contributed by atoms with E-state index in [4.69, 9.17) is 0 Å². The maximum absolute atomic E-state index is 12.5. The molecule has 0 aromatic heterocycles.